The van der Waals surface area contributed by atoms with Gasteiger partial charge in [0.1, 0.15) is 0 Å². The molecule has 1 aromatic heterocycles. The zero-order chi connectivity index (χ0) is 13.8. The molecule has 6 nitrogen and oxygen atoms in total. The van der Waals surface area contributed by atoms with Gasteiger partial charge in [0.15, 0.2) is 5.82 Å². The Morgan fingerprint density at radius 3 is 2.83 bits per heavy atom. The average molecular weight is 278 g/mol. The van der Waals surface area contributed by atoms with Crippen molar-refractivity contribution in [2.24, 2.45) is 0 Å². The summed E-state index contributed by atoms with van der Waals surface area (Å²) in [5, 5.41) is 8.80. The Kier molecular flexibility index (Phi) is 5.15. The standard InChI is InChI=1S/C10H15FN2O4S/c1-13(6-8(14)7-17-2)18(15,16)10-9(11)4-3-5-12-10/h3-5,8,14H,6-7H2,1-2H3. The Morgan fingerprint density at radius 2 is 2.28 bits per heavy atom. The molecule has 0 bridgehead atoms. The molecule has 0 aliphatic heterocycles. The lowest BCUT2D eigenvalue weighted by Gasteiger charge is -2.19. The van der Waals surface area contributed by atoms with Gasteiger partial charge in [-0.05, 0) is 12.1 Å². The van der Waals surface area contributed by atoms with E-state index in [1.807, 2.05) is 0 Å². The van der Waals surface area contributed by atoms with Gasteiger partial charge in [0.2, 0.25) is 5.03 Å². The molecule has 0 amide bonds. The predicted octanol–water partition coefficient (Wildman–Crippen LogP) is -0.151. The number of likely N-dealkylation sites (N-methyl/N-ethyl adjacent to an activating group) is 1. The number of aliphatic hydroxyl groups is 1. The highest BCUT2D eigenvalue weighted by atomic mass is 32.2. The Labute approximate surface area is 105 Å². The molecule has 0 aliphatic carbocycles. The number of pyridine rings is 1. The van der Waals surface area contributed by atoms with Crippen molar-refractivity contribution in [1.82, 2.24) is 9.29 Å². The number of ether oxygens (including phenoxy) is 1. The number of hydrogen-bond donors (Lipinski definition) is 1. The molecule has 1 aromatic rings. The van der Waals surface area contributed by atoms with E-state index in [9.17, 15) is 17.9 Å². The van der Waals surface area contributed by atoms with Gasteiger partial charge in [0.25, 0.3) is 10.0 Å². The van der Waals surface area contributed by atoms with E-state index in [0.29, 0.717) is 0 Å². The lowest BCUT2D eigenvalue weighted by atomic mass is 10.4. The molecule has 1 heterocycles. The minimum absolute atomic E-state index is 0.00936. The van der Waals surface area contributed by atoms with Crippen LogP contribution in [0.2, 0.25) is 0 Å². The molecular formula is C10H15FN2O4S. The second-order valence-electron chi connectivity index (χ2n) is 3.69. The first-order valence-electron chi connectivity index (χ1n) is 5.13. The van der Waals surface area contributed by atoms with Crippen LogP contribution in [0.1, 0.15) is 0 Å². The SMILES string of the molecule is COCC(O)CN(C)S(=O)(=O)c1ncccc1F. The summed E-state index contributed by atoms with van der Waals surface area (Å²) in [5.41, 5.74) is 0. The molecule has 0 aliphatic rings. The number of rotatable bonds is 6. The fraction of sp³-hybridized carbons (Fsp3) is 0.500. The lowest BCUT2D eigenvalue weighted by molar-refractivity contribution is 0.0553. The molecule has 0 saturated carbocycles. The monoisotopic (exact) mass is 278 g/mol. The zero-order valence-corrected chi connectivity index (χ0v) is 10.9. The van der Waals surface area contributed by atoms with Crippen molar-refractivity contribution in [2.75, 3.05) is 27.3 Å². The molecule has 8 heteroatoms. The quantitative estimate of drug-likeness (QED) is 0.782. The van der Waals surface area contributed by atoms with Crippen LogP contribution in [0.15, 0.2) is 23.4 Å². The van der Waals surface area contributed by atoms with Crippen molar-refractivity contribution in [3.8, 4) is 0 Å². The normalized spacial score (nSPS) is 13.8. The third kappa shape index (κ3) is 3.45. The van der Waals surface area contributed by atoms with Gasteiger partial charge in [-0.3, -0.25) is 0 Å². The topological polar surface area (TPSA) is 79.7 Å². The molecule has 1 rings (SSSR count). The van der Waals surface area contributed by atoms with Crippen molar-refractivity contribution in [3.63, 3.8) is 0 Å². The maximum Gasteiger partial charge on any atom is 0.263 e. The number of halogens is 1. The van der Waals surface area contributed by atoms with Crippen LogP contribution in [0.3, 0.4) is 0 Å². The van der Waals surface area contributed by atoms with E-state index < -0.39 is 27.0 Å². The first-order valence-corrected chi connectivity index (χ1v) is 6.57. The molecule has 0 fully saturated rings. The Bertz CT molecular complexity index is 494. The maximum atomic E-state index is 13.4. The first kappa shape index (κ1) is 15.0. The Morgan fingerprint density at radius 1 is 1.61 bits per heavy atom. The largest absolute Gasteiger partial charge is 0.389 e. The second kappa shape index (κ2) is 6.19. The van der Waals surface area contributed by atoms with Gasteiger partial charge in [0, 0.05) is 26.9 Å². The maximum absolute atomic E-state index is 13.4. The van der Waals surface area contributed by atoms with E-state index in [0.717, 1.165) is 10.4 Å². The first-order chi connectivity index (χ1) is 8.39. The molecule has 1 atom stereocenters. The molecule has 102 valence electrons. The van der Waals surface area contributed by atoms with Crippen LogP contribution in [0.5, 0.6) is 0 Å². The zero-order valence-electron chi connectivity index (χ0n) is 10.1. The summed E-state index contributed by atoms with van der Waals surface area (Å²) in [4.78, 5) is 3.51. The van der Waals surface area contributed by atoms with E-state index >= 15 is 0 Å². The highest BCUT2D eigenvalue weighted by Gasteiger charge is 2.27. The summed E-state index contributed by atoms with van der Waals surface area (Å²) in [6, 6.07) is 2.31. The van der Waals surface area contributed by atoms with Crippen LogP contribution >= 0.6 is 0 Å². The van der Waals surface area contributed by atoms with Crippen molar-refractivity contribution < 1.29 is 22.7 Å². The van der Waals surface area contributed by atoms with Crippen molar-refractivity contribution in [3.05, 3.63) is 24.1 Å². The summed E-state index contributed by atoms with van der Waals surface area (Å²) < 4.78 is 42.8. The lowest BCUT2D eigenvalue weighted by Crippen LogP contribution is -2.36. The van der Waals surface area contributed by atoms with Gasteiger partial charge in [-0.1, -0.05) is 0 Å². The van der Waals surface area contributed by atoms with Gasteiger partial charge in [0.05, 0.1) is 12.7 Å². The van der Waals surface area contributed by atoms with Gasteiger partial charge >= 0.3 is 0 Å². The summed E-state index contributed by atoms with van der Waals surface area (Å²) >= 11 is 0. The smallest absolute Gasteiger partial charge is 0.263 e. The van der Waals surface area contributed by atoms with E-state index in [-0.39, 0.29) is 13.2 Å². The van der Waals surface area contributed by atoms with Crippen molar-refractivity contribution >= 4 is 10.0 Å². The van der Waals surface area contributed by atoms with Gasteiger partial charge in [-0.2, -0.15) is 4.31 Å². The summed E-state index contributed by atoms with van der Waals surface area (Å²) in [7, 11) is -1.43. The molecule has 0 saturated heterocycles. The number of hydrogen-bond acceptors (Lipinski definition) is 5. The molecular weight excluding hydrogens is 263 g/mol. The molecule has 0 radical (unpaired) electrons. The molecule has 1 N–H and O–H groups in total. The number of methoxy groups -OCH3 is 1. The minimum atomic E-state index is -4.05. The number of nitrogens with zero attached hydrogens (tertiary/aromatic N) is 2. The number of aromatic nitrogens is 1. The Balaban J connectivity index is 2.90. The Hall–Kier alpha value is -1.09. The van der Waals surface area contributed by atoms with Crippen LogP contribution in [0.4, 0.5) is 4.39 Å². The minimum Gasteiger partial charge on any atom is -0.389 e. The van der Waals surface area contributed by atoms with Crippen molar-refractivity contribution in [1.29, 1.82) is 0 Å². The van der Waals surface area contributed by atoms with E-state index in [1.165, 1.54) is 26.4 Å². The van der Waals surface area contributed by atoms with Crippen LogP contribution in [-0.4, -0.2) is 56.2 Å². The van der Waals surface area contributed by atoms with E-state index in [4.69, 9.17) is 0 Å². The van der Waals surface area contributed by atoms with Crippen LogP contribution in [0.25, 0.3) is 0 Å². The van der Waals surface area contributed by atoms with Crippen LogP contribution < -0.4 is 0 Å². The molecule has 0 aromatic carbocycles. The van der Waals surface area contributed by atoms with E-state index in [2.05, 4.69) is 9.72 Å². The van der Waals surface area contributed by atoms with Crippen LogP contribution in [0, 0.1) is 5.82 Å². The summed E-state index contributed by atoms with van der Waals surface area (Å²) in [6.07, 6.45) is 0.205. The highest BCUT2D eigenvalue weighted by molar-refractivity contribution is 7.89. The van der Waals surface area contributed by atoms with Gasteiger partial charge in [-0.15, -0.1) is 0 Å². The number of sulfonamides is 1. The molecule has 0 spiro atoms. The number of aliphatic hydroxyl groups excluding tert-OH is 1. The summed E-state index contributed by atoms with van der Waals surface area (Å²) in [5.74, 6) is -0.925. The van der Waals surface area contributed by atoms with E-state index in [1.54, 1.807) is 0 Å². The average Bonchev–Trinajstić information content (AvgIpc) is 2.29. The third-order valence-electron chi connectivity index (χ3n) is 2.21. The van der Waals surface area contributed by atoms with Crippen molar-refractivity contribution in [2.45, 2.75) is 11.1 Å². The third-order valence-corrected chi connectivity index (χ3v) is 3.97. The second-order valence-corrected chi connectivity index (χ2v) is 5.65. The summed E-state index contributed by atoms with van der Waals surface area (Å²) in [6.45, 7) is -0.212. The predicted molar refractivity (Wildman–Crippen MR) is 61.9 cm³/mol. The molecule has 1 unspecified atom stereocenters. The fourth-order valence-electron chi connectivity index (χ4n) is 1.35. The van der Waals surface area contributed by atoms with Gasteiger partial charge < -0.3 is 9.84 Å². The molecule has 18 heavy (non-hydrogen) atoms. The fourth-order valence-corrected chi connectivity index (χ4v) is 2.52. The highest BCUT2D eigenvalue weighted by Crippen LogP contribution is 2.15. The van der Waals surface area contributed by atoms with Gasteiger partial charge in [-0.25, -0.2) is 17.8 Å². The van der Waals surface area contributed by atoms with Crippen LogP contribution in [-0.2, 0) is 14.8 Å².